The van der Waals surface area contributed by atoms with Crippen LogP contribution in [0.4, 0.5) is 0 Å². The summed E-state index contributed by atoms with van der Waals surface area (Å²) in [6.45, 7) is 2.32. The normalized spacial score (nSPS) is 11.9. The van der Waals surface area contributed by atoms with Gasteiger partial charge in [-0.1, -0.05) is 0 Å². The first-order chi connectivity index (χ1) is 10.8. The number of benzene rings is 3. The molecule has 0 bridgehead atoms. The number of hydrogen-bond acceptors (Lipinski definition) is 1. The van der Waals surface area contributed by atoms with E-state index in [0.29, 0.717) is 0 Å². The van der Waals surface area contributed by atoms with Gasteiger partial charge in [0.25, 0.3) is 0 Å². The summed E-state index contributed by atoms with van der Waals surface area (Å²) in [6.07, 6.45) is 0.979. The zero-order chi connectivity index (χ0) is 15.4. The van der Waals surface area contributed by atoms with Crippen molar-refractivity contribution in [2.24, 2.45) is 0 Å². The van der Waals surface area contributed by atoms with E-state index >= 15 is 0 Å². The second-order valence-electron chi connectivity index (χ2n) is 5.56. The SMILES string of the molecule is C[PH](c1ccccc1)(c1ccccc1)c1ccccc1C=O. The summed E-state index contributed by atoms with van der Waals surface area (Å²) >= 11 is 0. The number of carbonyl (C=O) groups excluding carboxylic acids is 1. The van der Waals surface area contributed by atoms with Crippen molar-refractivity contribution in [3.05, 3.63) is 90.5 Å². The average molecular weight is 306 g/mol. The van der Waals surface area contributed by atoms with Crippen molar-refractivity contribution in [2.45, 2.75) is 0 Å². The van der Waals surface area contributed by atoms with E-state index in [1.165, 1.54) is 15.9 Å². The first-order valence-corrected chi connectivity index (χ1v) is 9.92. The summed E-state index contributed by atoms with van der Waals surface area (Å²) in [5.74, 6) is 0. The van der Waals surface area contributed by atoms with Gasteiger partial charge >= 0.3 is 131 Å². The Balaban J connectivity index is 2.31. The van der Waals surface area contributed by atoms with E-state index in [0.717, 1.165) is 11.8 Å². The molecule has 0 saturated carbocycles. The Bertz CT molecular complexity index is 726. The second kappa shape index (κ2) is 6.25. The topological polar surface area (TPSA) is 17.1 Å². The van der Waals surface area contributed by atoms with Gasteiger partial charge in [-0.25, -0.2) is 0 Å². The average Bonchev–Trinajstić information content (AvgIpc) is 2.62. The molecular weight excluding hydrogens is 287 g/mol. The molecular formula is C20H19OP. The van der Waals surface area contributed by atoms with Crippen LogP contribution in [-0.2, 0) is 0 Å². The molecule has 0 spiro atoms. The van der Waals surface area contributed by atoms with Gasteiger partial charge in [0.05, 0.1) is 0 Å². The van der Waals surface area contributed by atoms with Gasteiger partial charge in [-0.2, -0.15) is 0 Å². The minimum atomic E-state index is -2.17. The van der Waals surface area contributed by atoms with Crippen LogP contribution in [0.1, 0.15) is 10.4 Å². The van der Waals surface area contributed by atoms with Crippen LogP contribution in [0.5, 0.6) is 0 Å². The molecule has 0 amide bonds. The Kier molecular flexibility index (Phi) is 4.18. The van der Waals surface area contributed by atoms with E-state index in [1.54, 1.807) is 0 Å². The second-order valence-corrected chi connectivity index (χ2v) is 9.51. The number of rotatable bonds is 4. The van der Waals surface area contributed by atoms with Crippen molar-refractivity contribution >= 4 is 29.5 Å². The molecule has 0 N–H and O–H groups in total. The van der Waals surface area contributed by atoms with Gasteiger partial charge in [0.1, 0.15) is 0 Å². The molecule has 0 aliphatic carbocycles. The summed E-state index contributed by atoms with van der Waals surface area (Å²) in [4.78, 5) is 11.6. The number of aldehydes is 1. The third kappa shape index (κ3) is 2.49. The molecule has 3 aromatic rings. The maximum absolute atomic E-state index is 11.6. The third-order valence-corrected chi connectivity index (χ3v) is 8.84. The Hall–Kier alpha value is -2.24. The Morgan fingerprint density at radius 3 is 1.64 bits per heavy atom. The van der Waals surface area contributed by atoms with Gasteiger partial charge in [-0.05, 0) is 0 Å². The van der Waals surface area contributed by atoms with E-state index in [2.05, 4.69) is 61.3 Å². The van der Waals surface area contributed by atoms with E-state index in [1.807, 2.05) is 30.3 Å². The molecule has 2 heteroatoms. The quantitative estimate of drug-likeness (QED) is 0.534. The standard InChI is InChI=1S/C20H19OP/c1-22(18-11-4-2-5-12-18,19-13-6-3-7-14-19)20-15-9-8-10-17(20)16-21/h2-16,22H,1H3. The number of carbonyl (C=O) groups is 1. The fraction of sp³-hybridized carbons (Fsp3) is 0.0500. The summed E-state index contributed by atoms with van der Waals surface area (Å²) in [5.41, 5.74) is 0.796. The van der Waals surface area contributed by atoms with Crippen molar-refractivity contribution in [1.82, 2.24) is 0 Å². The molecule has 0 atom stereocenters. The molecule has 1 nitrogen and oxygen atoms in total. The van der Waals surface area contributed by atoms with Crippen LogP contribution in [0.2, 0.25) is 0 Å². The Morgan fingerprint density at radius 2 is 1.14 bits per heavy atom. The van der Waals surface area contributed by atoms with E-state index in [4.69, 9.17) is 0 Å². The van der Waals surface area contributed by atoms with E-state index in [-0.39, 0.29) is 0 Å². The molecule has 3 aromatic carbocycles. The molecule has 0 aromatic heterocycles. The molecule has 22 heavy (non-hydrogen) atoms. The van der Waals surface area contributed by atoms with Gasteiger partial charge < -0.3 is 0 Å². The maximum atomic E-state index is 11.6. The van der Waals surface area contributed by atoms with Crippen LogP contribution in [0, 0.1) is 0 Å². The van der Waals surface area contributed by atoms with Crippen LogP contribution in [0.25, 0.3) is 0 Å². The summed E-state index contributed by atoms with van der Waals surface area (Å²) in [7, 11) is -2.17. The fourth-order valence-corrected chi connectivity index (χ4v) is 6.90. The molecule has 0 unspecified atom stereocenters. The van der Waals surface area contributed by atoms with Crippen LogP contribution in [0.15, 0.2) is 84.9 Å². The van der Waals surface area contributed by atoms with Gasteiger partial charge in [-0.3, -0.25) is 0 Å². The van der Waals surface area contributed by atoms with Crippen LogP contribution >= 0.6 is 7.26 Å². The Labute approximate surface area is 132 Å². The van der Waals surface area contributed by atoms with Gasteiger partial charge in [0.15, 0.2) is 0 Å². The van der Waals surface area contributed by atoms with Crippen molar-refractivity contribution in [3.63, 3.8) is 0 Å². The molecule has 0 radical (unpaired) electrons. The molecule has 0 aliphatic rings. The van der Waals surface area contributed by atoms with Gasteiger partial charge in [0.2, 0.25) is 0 Å². The molecule has 110 valence electrons. The minimum absolute atomic E-state index is 0.796. The van der Waals surface area contributed by atoms with Gasteiger partial charge in [-0.15, -0.1) is 0 Å². The fourth-order valence-electron chi connectivity index (χ4n) is 3.08. The summed E-state index contributed by atoms with van der Waals surface area (Å²) in [5, 5.41) is 3.80. The predicted octanol–water partition coefficient (Wildman–Crippen LogP) is 3.16. The zero-order valence-electron chi connectivity index (χ0n) is 12.6. The first-order valence-electron chi connectivity index (χ1n) is 7.42. The molecule has 0 heterocycles. The van der Waals surface area contributed by atoms with Crippen molar-refractivity contribution in [2.75, 3.05) is 6.66 Å². The molecule has 3 rings (SSSR count). The van der Waals surface area contributed by atoms with Crippen molar-refractivity contribution in [1.29, 1.82) is 0 Å². The van der Waals surface area contributed by atoms with Crippen molar-refractivity contribution in [3.8, 4) is 0 Å². The summed E-state index contributed by atoms with van der Waals surface area (Å²) < 4.78 is 0. The van der Waals surface area contributed by atoms with E-state index < -0.39 is 7.26 Å². The van der Waals surface area contributed by atoms with Crippen LogP contribution in [-0.4, -0.2) is 13.0 Å². The predicted molar refractivity (Wildman–Crippen MR) is 97.9 cm³/mol. The zero-order valence-corrected chi connectivity index (χ0v) is 13.6. The van der Waals surface area contributed by atoms with Gasteiger partial charge in [0, 0.05) is 0 Å². The summed E-state index contributed by atoms with van der Waals surface area (Å²) in [6, 6.07) is 29.1. The van der Waals surface area contributed by atoms with Crippen LogP contribution in [0.3, 0.4) is 0 Å². The third-order valence-electron chi connectivity index (χ3n) is 4.33. The molecule has 0 fully saturated rings. The molecule has 0 aliphatic heterocycles. The van der Waals surface area contributed by atoms with E-state index in [9.17, 15) is 4.79 Å². The van der Waals surface area contributed by atoms with Crippen LogP contribution < -0.4 is 15.9 Å². The molecule has 0 saturated heterocycles. The van der Waals surface area contributed by atoms with Crippen molar-refractivity contribution < 1.29 is 4.79 Å². The Morgan fingerprint density at radius 1 is 0.682 bits per heavy atom. The monoisotopic (exact) mass is 306 g/mol. The number of hydrogen-bond donors (Lipinski definition) is 0. The first kappa shape index (κ1) is 14.7.